The van der Waals surface area contributed by atoms with Gasteiger partial charge in [0.1, 0.15) is 5.58 Å². The number of hydrogen-bond donors (Lipinski definition) is 0. The van der Waals surface area contributed by atoms with Crippen LogP contribution in [0.3, 0.4) is 0 Å². The van der Waals surface area contributed by atoms with Crippen LogP contribution < -0.4 is 5.43 Å². The first-order valence-corrected chi connectivity index (χ1v) is 10.1. The maximum atomic E-state index is 12.9. The number of rotatable bonds is 3. The van der Waals surface area contributed by atoms with E-state index in [0.29, 0.717) is 35.4 Å². The summed E-state index contributed by atoms with van der Waals surface area (Å²) in [5.41, 5.74) is 4.34. The molecule has 1 aliphatic heterocycles. The van der Waals surface area contributed by atoms with Crippen LogP contribution in [0.5, 0.6) is 0 Å². The van der Waals surface area contributed by atoms with E-state index in [9.17, 15) is 4.79 Å². The summed E-state index contributed by atoms with van der Waals surface area (Å²) >= 11 is 3.42. The number of aromatic nitrogens is 3. The third-order valence-corrected chi connectivity index (χ3v) is 5.63. The summed E-state index contributed by atoms with van der Waals surface area (Å²) in [4.78, 5) is 28.5. The van der Waals surface area contributed by atoms with Crippen molar-refractivity contribution in [3.05, 3.63) is 86.7 Å². The van der Waals surface area contributed by atoms with E-state index in [1.807, 2.05) is 30.5 Å². The lowest BCUT2D eigenvalue weighted by molar-refractivity contribution is 0.240. The van der Waals surface area contributed by atoms with Gasteiger partial charge in [0, 0.05) is 65.8 Å². The first-order valence-electron chi connectivity index (χ1n) is 9.35. The fourth-order valence-electron chi connectivity index (χ4n) is 3.64. The molecule has 7 heteroatoms. The van der Waals surface area contributed by atoms with Crippen LogP contribution in [-0.4, -0.2) is 26.4 Å². The van der Waals surface area contributed by atoms with Crippen LogP contribution in [0.15, 0.2) is 68.9 Å². The first kappa shape index (κ1) is 18.1. The van der Waals surface area contributed by atoms with Gasteiger partial charge < -0.3 is 4.42 Å². The minimum absolute atomic E-state index is 0.0153. The Morgan fingerprint density at radius 3 is 3.00 bits per heavy atom. The zero-order valence-corrected chi connectivity index (χ0v) is 17.1. The number of hydrogen-bond acceptors (Lipinski definition) is 6. The standard InChI is InChI=1S/C22H17BrN4O2/c23-17-3-4-20-18(8-17)21(28)16(13-29-20)12-27-7-5-19-15(11-27)10-25-22(26-19)14-2-1-6-24-9-14/h1-4,6,8-10,13H,5,7,11-12H2. The Labute approximate surface area is 175 Å². The van der Waals surface area contributed by atoms with Gasteiger partial charge in [-0.3, -0.25) is 14.7 Å². The van der Waals surface area contributed by atoms with Crippen molar-refractivity contribution in [1.82, 2.24) is 19.9 Å². The third-order valence-electron chi connectivity index (χ3n) is 5.13. The molecular weight excluding hydrogens is 432 g/mol. The van der Waals surface area contributed by atoms with Crippen molar-refractivity contribution in [1.29, 1.82) is 0 Å². The van der Waals surface area contributed by atoms with Crippen molar-refractivity contribution in [3.63, 3.8) is 0 Å². The average molecular weight is 449 g/mol. The van der Waals surface area contributed by atoms with E-state index in [4.69, 9.17) is 9.40 Å². The highest BCUT2D eigenvalue weighted by Crippen LogP contribution is 2.22. The predicted molar refractivity (Wildman–Crippen MR) is 113 cm³/mol. The van der Waals surface area contributed by atoms with E-state index in [1.165, 1.54) is 0 Å². The highest BCUT2D eigenvalue weighted by Gasteiger charge is 2.20. The summed E-state index contributed by atoms with van der Waals surface area (Å²) in [5, 5.41) is 0.596. The quantitative estimate of drug-likeness (QED) is 0.472. The molecule has 0 fully saturated rings. The molecule has 0 atom stereocenters. The predicted octanol–water partition coefficient (Wildman–Crippen LogP) is 3.97. The van der Waals surface area contributed by atoms with Gasteiger partial charge in [-0.05, 0) is 30.3 Å². The van der Waals surface area contributed by atoms with E-state index in [-0.39, 0.29) is 5.43 Å². The SMILES string of the molecule is O=c1c(CN2CCc3nc(-c4cccnc4)ncc3C2)coc2ccc(Br)cc12. The molecule has 0 unspecified atom stereocenters. The van der Waals surface area contributed by atoms with E-state index in [2.05, 4.69) is 30.8 Å². The smallest absolute Gasteiger partial charge is 0.197 e. The molecule has 0 aliphatic carbocycles. The second-order valence-electron chi connectivity index (χ2n) is 7.10. The van der Waals surface area contributed by atoms with Crippen LogP contribution in [0.4, 0.5) is 0 Å². The Bertz CT molecular complexity index is 1260. The second-order valence-corrected chi connectivity index (χ2v) is 8.01. The molecule has 5 rings (SSSR count). The topological polar surface area (TPSA) is 72.1 Å². The first-order chi connectivity index (χ1) is 14.2. The maximum absolute atomic E-state index is 12.9. The van der Waals surface area contributed by atoms with Gasteiger partial charge in [-0.25, -0.2) is 9.97 Å². The highest BCUT2D eigenvalue weighted by molar-refractivity contribution is 9.10. The monoisotopic (exact) mass is 448 g/mol. The molecule has 4 aromatic rings. The molecule has 3 aromatic heterocycles. The molecule has 0 saturated heterocycles. The van der Waals surface area contributed by atoms with Crippen molar-refractivity contribution >= 4 is 26.9 Å². The number of halogens is 1. The molecule has 0 bridgehead atoms. The number of fused-ring (bicyclic) bond motifs is 2. The van der Waals surface area contributed by atoms with Crippen LogP contribution in [-0.2, 0) is 19.5 Å². The van der Waals surface area contributed by atoms with Gasteiger partial charge in [-0.1, -0.05) is 15.9 Å². The molecule has 0 saturated carbocycles. The molecule has 144 valence electrons. The number of pyridine rings is 1. The molecule has 0 spiro atoms. The van der Waals surface area contributed by atoms with Crippen LogP contribution in [0.25, 0.3) is 22.4 Å². The van der Waals surface area contributed by atoms with Gasteiger partial charge in [-0.15, -0.1) is 0 Å². The van der Waals surface area contributed by atoms with Crippen LogP contribution in [0.1, 0.15) is 16.8 Å². The average Bonchev–Trinajstić information content (AvgIpc) is 2.76. The highest BCUT2D eigenvalue weighted by atomic mass is 79.9. The molecule has 1 aliphatic rings. The lowest BCUT2D eigenvalue weighted by Crippen LogP contribution is -2.32. The number of benzene rings is 1. The lowest BCUT2D eigenvalue weighted by Gasteiger charge is -2.27. The van der Waals surface area contributed by atoms with Crippen molar-refractivity contribution in [3.8, 4) is 11.4 Å². The lowest BCUT2D eigenvalue weighted by atomic mass is 10.1. The van der Waals surface area contributed by atoms with Crippen molar-refractivity contribution in [2.75, 3.05) is 6.54 Å². The van der Waals surface area contributed by atoms with E-state index in [1.54, 1.807) is 24.7 Å². The van der Waals surface area contributed by atoms with Crippen LogP contribution in [0, 0.1) is 0 Å². The molecular formula is C22H17BrN4O2. The maximum Gasteiger partial charge on any atom is 0.197 e. The Balaban J connectivity index is 1.38. The summed E-state index contributed by atoms with van der Waals surface area (Å²) in [6.07, 6.45) is 7.79. The van der Waals surface area contributed by atoms with Gasteiger partial charge >= 0.3 is 0 Å². The second kappa shape index (κ2) is 7.50. The summed E-state index contributed by atoms with van der Waals surface area (Å²) in [7, 11) is 0. The Morgan fingerprint density at radius 2 is 2.14 bits per heavy atom. The Hall–Kier alpha value is -2.90. The largest absolute Gasteiger partial charge is 0.464 e. The Kier molecular flexibility index (Phi) is 4.69. The third kappa shape index (κ3) is 3.59. The van der Waals surface area contributed by atoms with Crippen molar-refractivity contribution < 1.29 is 4.42 Å². The van der Waals surface area contributed by atoms with Gasteiger partial charge in [-0.2, -0.15) is 0 Å². The molecule has 0 radical (unpaired) electrons. The fraction of sp³-hybridized carbons (Fsp3) is 0.182. The molecule has 0 N–H and O–H groups in total. The summed E-state index contributed by atoms with van der Waals surface area (Å²) in [5.74, 6) is 0.700. The normalized spacial score (nSPS) is 14.1. The van der Waals surface area contributed by atoms with Crippen LogP contribution >= 0.6 is 15.9 Å². The van der Waals surface area contributed by atoms with E-state index >= 15 is 0 Å². The molecule has 6 nitrogen and oxygen atoms in total. The summed E-state index contributed by atoms with van der Waals surface area (Å²) in [6.45, 7) is 2.07. The molecule has 0 amide bonds. The van der Waals surface area contributed by atoms with Crippen molar-refractivity contribution in [2.24, 2.45) is 0 Å². The molecule has 1 aromatic carbocycles. The van der Waals surface area contributed by atoms with Gasteiger partial charge in [0.2, 0.25) is 0 Å². The van der Waals surface area contributed by atoms with Gasteiger partial charge in [0.25, 0.3) is 0 Å². The van der Waals surface area contributed by atoms with Crippen LogP contribution in [0.2, 0.25) is 0 Å². The van der Waals surface area contributed by atoms with E-state index < -0.39 is 0 Å². The Morgan fingerprint density at radius 1 is 1.21 bits per heavy atom. The minimum atomic E-state index is 0.0153. The zero-order chi connectivity index (χ0) is 19.8. The molecule has 4 heterocycles. The summed E-state index contributed by atoms with van der Waals surface area (Å²) < 4.78 is 6.54. The van der Waals surface area contributed by atoms with Crippen molar-refractivity contribution in [2.45, 2.75) is 19.5 Å². The zero-order valence-electron chi connectivity index (χ0n) is 15.5. The minimum Gasteiger partial charge on any atom is -0.464 e. The molecule has 29 heavy (non-hydrogen) atoms. The van der Waals surface area contributed by atoms with Gasteiger partial charge in [0.15, 0.2) is 11.3 Å². The summed E-state index contributed by atoms with van der Waals surface area (Å²) in [6, 6.07) is 9.32. The van der Waals surface area contributed by atoms with E-state index in [0.717, 1.165) is 34.3 Å². The van der Waals surface area contributed by atoms with Gasteiger partial charge in [0.05, 0.1) is 17.3 Å². The number of nitrogens with zero attached hydrogens (tertiary/aromatic N) is 4. The fourth-order valence-corrected chi connectivity index (χ4v) is 4.00.